The van der Waals surface area contributed by atoms with Crippen molar-refractivity contribution < 1.29 is 29.0 Å². The predicted octanol–water partition coefficient (Wildman–Crippen LogP) is 1.43. The number of nitrogens with zero attached hydrogens (tertiary/aromatic N) is 2. The van der Waals surface area contributed by atoms with E-state index in [2.05, 4.69) is 0 Å². The van der Waals surface area contributed by atoms with E-state index in [-0.39, 0.29) is 31.0 Å². The van der Waals surface area contributed by atoms with Crippen molar-refractivity contribution in [3.05, 3.63) is 24.3 Å². The third-order valence-electron chi connectivity index (χ3n) is 7.21. The molecule has 0 bridgehead atoms. The van der Waals surface area contributed by atoms with Gasteiger partial charge < -0.3 is 24.4 Å². The molecule has 1 unspecified atom stereocenters. The van der Waals surface area contributed by atoms with E-state index in [0.717, 1.165) is 19.3 Å². The highest BCUT2D eigenvalue weighted by molar-refractivity contribution is 5.99. The maximum absolute atomic E-state index is 13.8. The molecule has 176 valence electrons. The minimum Gasteiger partial charge on any atom is -0.465 e. The molecular weight excluding hydrogens is 412 g/mol. The van der Waals surface area contributed by atoms with Gasteiger partial charge in [-0.05, 0) is 46.5 Å². The Morgan fingerprint density at radius 1 is 1.12 bits per heavy atom. The fourth-order valence-corrected chi connectivity index (χ4v) is 5.76. The highest BCUT2D eigenvalue weighted by Gasteiger charge is 2.74. The van der Waals surface area contributed by atoms with E-state index >= 15 is 0 Å². The Bertz CT molecular complexity index is 838. The van der Waals surface area contributed by atoms with Gasteiger partial charge in [0.1, 0.15) is 17.6 Å². The van der Waals surface area contributed by atoms with Crippen LogP contribution in [0.15, 0.2) is 24.3 Å². The molecule has 5 atom stereocenters. The summed E-state index contributed by atoms with van der Waals surface area (Å²) < 4.78 is 12.3. The number of aliphatic hydroxyl groups excluding tert-OH is 1. The average molecular weight is 447 g/mol. The van der Waals surface area contributed by atoms with Gasteiger partial charge in [0.25, 0.3) is 0 Å². The van der Waals surface area contributed by atoms with Gasteiger partial charge in [0, 0.05) is 25.7 Å². The lowest BCUT2D eigenvalue weighted by molar-refractivity contribution is -0.160. The number of hydrogen-bond donors (Lipinski definition) is 1. The van der Waals surface area contributed by atoms with Crippen LogP contribution in [0.2, 0.25) is 0 Å². The molecule has 2 saturated heterocycles. The molecule has 2 amide bonds. The summed E-state index contributed by atoms with van der Waals surface area (Å²) in [7, 11) is 0. The second-order valence-corrected chi connectivity index (χ2v) is 9.66. The third kappa shape index (κ3) is 3.48. The summed E-state index contributed by atoms with van der Waals surface area (Å²) in [5.41, 5.74) is -2.32. The van der Waals surface area contributed by atoms with Crippen LogP contribution in [-0.2, 0) is 23.9 Å². The fraction of sp³-hybridized carbons (Fsp3) is 0.708. The molecule has 8 nitrogen and oxygen atoms in total. The zero-order chi connectivity index (χ0) is 23.1. The van der Waals surface area contributed by atoms with Gasteiger partial charge >= 0.3 is 5.97 Å². The zero-order valence-electron chi connectivity index (χ0n) is 19.2. The first-order valence-corrected chi connectivity index (χ1v) is 11.7. The Balaban J connectivity index is 1.85. The Morgan fingerprint density at radius 2 is 1.91 bits per heavy atom. The van der Waals surface area contributed by atoms with Crippen molar-refractivity contribution in [2.75, 3.05) is 26.3 Å². The Kier molecular flexibility index (Phi) is 6.20. The Morgan fingerprint density at radius 3 is 2.62 bits per heavy atom. The lowest BCUT2D eigenvalue weighted by Crippen LogP contribution is -2.57. The molecule has 4 aliphatic heterocycles. The molecule has 0 aromatic rings. The number of likely N-dealkylation sites (tertiary alicyclic amines) is 1. The van der Waals surface area contributed by atoms with E-state index in [0.29, 0.717) is 19.6 Å². The molecule has 4 heterocycles. The standard InChI is InChI=1S/C24H34N2O6/c1-16(2)25-12-8-11-24-17(20(28)26(13-9-14-27)19(24)21(25)29)18-22(30)31-15-7-5-4-6-10-23(18,3)32-24/h6,8,10-11,16-19,27H,4-5,7,9,12-15H2,1-3H3/b10-6-/t17-,18+,19?,23-,24-/m0/s1. The van der Waals surface area contributed by atoms with Gasteiger partial charge in [-0.1, -0.05) is 24.3 Å². The molecule has 0 radical (unpaired) electrons. The highest BCUT2D eigenvalue weighted by atomic mass is 16.6. The monoisotopic (exact) mass is 446 g/mol. The molecule has 8 heteroatoms. The summed E-state index contributed by atoms with van der Waals surface area (Å²) in [5.74, 6) is -2.65. The van der Waals surface area contributed by atoms with Crippen molar-refractivity contribution in [3.63, 3.8) is 0 Å². The quantitative estimate of drug-likeness (QED) is 0.518. The minimum absolute atomic E-state index is 0.0568. The van der Waals surface area contributed by atoms with Crippen molar-refractivity contribution >= 4 is 17.8 Å². The molecule has 1 spiro atoms. The number of carbonyl (C=O) groups excluding carboxylic acids is 3. The van der Waals surface area contributed by atoms with Crippen LogP contribution in [0.1, 0.15) is 46.5 Å². The third-order valence-corrected chi connectivity index (χ3v) is 7.21. The van der Waals surface area contributed by atoms with Crippen molar-refractivity contribution in [2.24, 2.45) is 11.8 Å². The van der Waals surface area contributed by atoms with Gasteiger partial charge in [0.05, 0.1) is 18.1 Å². The molecule has 2 fully saturated rings. The maximum Gasteiger partial charge on any atom is 0.313 e. The minimum atomic E-state index is -1.26. The number of hydrogen-bond acceptors (Lipinski definition) is 6. The number of carbonyl (C=O) groups is 3. The predicted molar refractivity (Wildman–Crippen MR) is 116 cm³/mol. The number of ether oxygens (including phenoxy) is 2. The summed E-state index contributed by atoms with van der Waals surface area (Å²) in [6, 6.07) is -0.943. The summed E-state index contributed by atoms with van der Waals surface area (Å²) >= 11 is 0. The topological polar surface area (TPSA) is 96.4 Å². The summed E-state index contributed by atoms with van der Waals surface area (Å²) in [6.07, 6.45) is 10.4. The number of fused-ring (bicyclic) bond motifs is 2. The molecule has 1 N–H and O–H groups in total. The van der Waals surface area contributed by atoms with Crippen LogP contribution >= 0.6 is 0 Å². The van der Waals surface area contributed by atoms with Crippen molar-refractivity contribution in [1.29, 1.82) is 0 Å². The number of esters is 1. The van der Waals surface area contributed by atoms with E-state index < -0.39 is 35.0 Å². The van der Waals surface area contributed by atoms with E-state index in [1.54, 1.807) is 4.90 Å². The number of cyclic esters (lactones) is 1. The smallest absolute Gasteiger partial charge is 0.313 e. The second kappa shape index (κ2) is 8.63. The fourth-order valence-electron chi connectivity index (χ4n) is 5.76. The van der Waals surface area contributed by atoms with Crippen LogP contribution in [0.5, 0.6) is 0 Å². The highest BCUT2D eigenvalue weighted by Crippen LogP contribution is 2.57. The average Bonchev–Trinajstić information content (AvgIpc) is 3.06. The molecule has 0 saturated carbocycles. The van der Waals surface area contributed by atoms with Crippen LogP contribution in [0, 0.1) is 11.8 Å². The second-order valence-electron chi connectivity index (χ2n) is 9.66. The van der Waals surface area contributed by atoms with Gasteiger partial charge in [0.2, 0.25) is 11.8 Å². The lowest BCUT2D eigenvalue weighted by Gasteiger charge is -2.38. The van der Waals surface area contributed by atoms with Crippen LogP contribution in [0.25, 0.3) is 0 Å². The van der Waals surface area contributed by atoms with E-state index in [9.17, 15) is 19.5 Å². The van der Waals surface area contributed by atoms with Crippen LogP contribution in [0.4, 0.5) is 0 Å². The molecule has 0 aliphatic carbocycles. The van der Waals surface area contributed by atoms with Crippen molar-refractivity contribution in [2.45, 2.75) is 69.7 Å². The molecule has 0 aromatic carbocycles. The lowest BCUT2D eigenvalue weighted by atomic mass is 9.74. The first-order valence-electron chi connectivity index (χ1n) is 11.7. The normalized spacial score (nSPS) is 38.3. The molecule has 32 heavy (non-hydrogen) atoms. The maximum atomic E-state index is 13.8. The van der Waals surface area contributed by atoms with E-state index in [4.69, 9.17) is 9.47 Å². The first kappa shape index (κ1) is 23.0. The van der Waals surface area contributed by atoms with Crippen LogP contribution < -0.4 is 0 Å². The Hall–Kier alpha value is -2.19. The number of amides is 2. The van der Waals surface area contributed by atoms with Gasteiger partial charge in [-0.3, -0.25) is 14.4 Å². The van der Waals surface area contributed by atoms with Gasteiger partial charge in [0.15, 0.2) is 0 Å². The van der Waals surface area contributed by atoms with Gasteiger partial charge in [-0.15, -0.1) is 0 Å². The van der Waals surface area contributed by atoms with Crippen LogP contribution in [-0.4, -0.2) is 82.3 Å². The van der Waals surface area contributed by atoms with E-state index in [1.165, 1.54) is 4.90 Å². The first-order chi connectivity index (χ1) is 15.3. The summed E-state index contributed by atoms with van der Waals surface area (Å²) in [4.78, 5) is 44.1. The van der Waals surface area contributed by atoms with Crippen LogP contribution in [0.3, 0.4) is 0 Å². The molecular formula is C24H34N2O6. The molecule has 0 aromatic heterocycles. The van der Waals surface area contributed by atoms with Crippen molar-refractivity contribution in [3.8, 4) is 0 Å². The summed E-state index contributed by atoms with van der Waals surface area (Å²) in [6.45, 7) is 6.54. The molecule has 4 aliphatic rings. The van der Waals surface area contributed by atoms with Gasteiger partial charge in [-0.25, -0.2) is 0 Å². The SMILES string of the molecule is CC(C)N1CC=C[C@]23O[C@@]4(C)/C=C\CCCCOC(=O)[C@H]4[C@H]2C(=O)N(CCCO)C3C1=O. The Labute approximate surface area is 189 Å². The number of allylic oxidation sites excluding steroid dienone is 1. The van der Waals surface area contributed by atoms with E-state index in [1.807, 2.05) is 45.1 Å². The zero-order valence-corrected chi connectivity index (χ0v) is 19.2. The summed E-state index contributed by atoms with van der Waals surface area (Å²) in [5, 5.41) is 9.41. The molecule has 4 rings (SSSR count). The number of aliphatic hydroxyl groups is 1. The largest absolute Gasteiger partial charge is 0.465 e. The number of rotatable bonds is 4. The van der Waals surface area contributed by atoms with Crippen molar-refractivity contribution in [1.82, 2.24) is 9.80 Å². The van der Waals surface area contributed by atoms with Gasteiger partial charge in [-0.2, -0.15) is 0 Å².